The summed E-state index contributed by atoms with van der Waals surface area (Å²) in [6, 6.07) is 0. The number of hydrogen-bond acceptors (Lipinski definition) is 4. The molecule has 0 aromatic heterocycles. The van der Waals surface area contributed by atoms with Gasteiger partial charge in [-0.15, -0.1) is 0 Å². The van der Waals surface area contributed by atoms with Crippen LogP contribution in [0.1, 0.15) is 0 Å². The summed E-state index contributed by atoms with van der Waals surface area (Å²) in [6.07, 6.45) is 7.16. The van der Waals surface area contributed by atoms with Crippen LogP contribution in [0.4, 0.5) is 0 Å². The standard InChI is InChI=1S/C10H18O4/c1-5-14-9-10(6-11-2,7-12-3)8-13-4/h1H,6-9H2,2-4H3. The maximum Gasteiger partial charge on any atom is 0.112 e. The Hall–Kier alpha value is -0.760. The second-order valence-electron chi connectivity index (χ2n) is 3.21. The van der Waals surface area contributed by atoms with Crippen molar-refractivity contribution in [1.29, 1.82) is 0 Å². The number of ether oxygens (including phenoxy) is 4. The molecule has 4 nitrogen and oxygen atoms in total. The average molecular weight is 202 g/mol. The molecule has 0 atom stereocenters. The summed E-state index contributed by atoms with van der Waals surface area (Å²) in [5.41, 5.74) is -0.329. The van der Waals surface area contributed by atoms with Crippen molar-refractivity contribution < 1.29 is 18.9 Å². The zero-order valence-corrected chi connectivity index (χ0v) is 9.04. The minimum absolute atomic E-state index is 0.329. The molecule has 0 aromatic rings. The quantitative estimate of drug-likeness (QED) is 0.538. The van der Waals surface area contributed by atoms with Gasteiger partial charge in [0.15, 0.2) is 0 Å². The van der Waals surface area contributed by atoms with Crippen molar-refractivity contribution in [2.75, 3.05) is 47.8 Å². The molecular weight excluding hydrogens is 184 g/mol. The summed E-state index contributed by atoms with van der Waals surface area (Å²) in [5.74, 6) is 0. The minimum atomic E-state index is -0.329. The molecule has 0 aliphatic heterocycles. The van der Waals surface area contributed by atoms with Crippen LogP contribution in [-0.2, 0) is 18.9 Å². The van der Waals surface area contributed by atoms with Crippen molar-refractivity contribution >= 4 is 0 Å². The Labute approximate surface area is 85.5 Å². The van der Waals surface area contributed by atoms with Crippen LogP contribution in [0.25, 0.3) is 0 Å². The van der Waals surface area contributed by atoms with Gasteiger partial charge in [0.05, 0.1) is 25.2 Å². The Balaban J connectivity index is 4.30. The van der Waals surface area contributed by atoms with E-state index in [1.807, 2.05) is 0 Å². The zero-order chi connectivity index (χ0) is 10.9. The van der Waals surface area contributed by atoms with Crippen molar-refractivity contribution in [2.24, 2.45) is 5.41 Å². The Bertz CT molecular complexity index is 156. The molecule has 0 fully saturated rings. The van der Waals surface area contributed by atoms with E-state index in [-0.39, 0.29) is 5.41 Å². The van der Waals surface area contributed by atoms with Crippen molar-refractivity contribution in [1.82, 2.24) is 0 Å². The maximum absolute atomic E-state index is 5.10. The second-order valence-corrected chi connectivity index (χ2v) is 3.21. The SMILES string of the molecule is C#COCC(COC)(COC)COC. The van der Waals surface area contributed by atoms with E-state index in [1.165, 1.54) is 0 Å². The van der Waals surface area contributed by atoms with Crippen LogP contribution in [-0.4, -0.2) is 47.8 Å². The van der Waals surface area contributed by atoms with E-state index in [0.29, 0.717) is 26.4 Å². The third-order valence-corrected chi connectivity index (χ3v) is 1.81. The van der Waals surface area contributed by atoms with Crippen LogP contribution >= 0.6 is 0 Å². The number of methoxy groups -OCH3 is 3. The van der Waals surface area contributed by atoms with Gasteiger partial charge in [0.1, 0.15) is 12.7 Å². The van der Waals surface area contributed by atoms with Gasteiger partial charge < -0.3 is 18.9 Å². The van der Waals surface area contributed by atoms with Gasteiger partial charge in [-0.3, -0.25) is 0 Å². The Morgan fingerprint density at radius 1 is 0.929 bits per heavy atom. The van der Waals surface area contributed by atoms with Gasteiger partial charge >= 0.3 is 0 Å². The summed E-state index contributed by atoms with van der Waals surface area (Å²) >= 11 is 0. The van der Waals surface area contributed by atoms with E-state index < -0.39 is 0 Å². The Morgan fingerprint density at radius 3 is 1.64 bits per heavy atom. The van der Waals surface area contributed by atoms with Crippen LogP contribution in [0.3, 0.4) is 0 Å². The summed E-state index contributed by atoms with van der Waals surface area (Å²) in [7, 11) is 4.86. The molecule has 0 heterocycles. The highest BCUT2D eigenvalue weighted by atomic mass is 16.5. The molecule has 0 N–H and O–H groups in total. The van der Waals surface area contributed by atoms with E-state index in [4.69, 9.17) is 25.4 Å². The zero-order valence-electron chi connectivity index (χ0n) is 9.04. The van der Waals surface area contributed by atoms with Crippen molar-refractivity contribution in [2.45, 2.75) is 0 Å². The van der Waals surface area contributed by atoms with Crippen LogP contribution in [0.2, 0.25) is 0 Å². The van der Waals surface area contributed by atoms with Crippen molar-refractivity contribution in [3.63, 3.8) is 0 Å². The molecule has 0 saturated heterocycles. The lowest BCUT2D eigenvalue weighted by atomic mass is 9.92. The Kier molecular flexibility index (Phi) is 7.21. The molecule has 0 saturated carbocycles. The lowest BCUT2D eigenvalue weighted by Gasteiger charge is -2.30. The maximum atomic E-state index is 5.10. The van der Waals surface area contributed by atoms with Gasteiger partial charge in [-0.1, -0.05) is 6.42 Å². The normalized spacial score (nSPS) is 11.0. The fourth-order valence-corrected chi connectivity index (χ4v) is 1.36. The number of hydrogen-bond donors (Lipinski definition) is 0. The highest BCUT2D eigenvalue weighted by Crippen LogP contribution is 2.19. The van der Waals surface area contributed by atoms with E-state index in [9.17, 15) is 0 Å². The van der Waals surface area contributed by atoms with Crippen LogP contribution in [0.15, 0.2) is 0 Å². The van der Waals surface area contributed by atoms with E-state index in [1.54, 1.807) is 21.3 Å². The predicted molar refractivity (Wildman–Crippen MR) is 52.8 cm³/mol. The molecule has 82 valence electrons. The molecule has 0 amide bonds. The fraction of sp³-hybridized carbons (Fsp3) is 0.800. The molecule has 0 radical (unpaired) electrons. The number of terminal acetylenes is 1. The van der Waals surface area contributed by atoms with Crippen LogP contribution in [0.5, 0.6) is 0 Å². The summed E-state index contributed by atoms with van der Waals surface area (Å²) in [5, 5.41) is 0. The molecule has 0 spiro atoms. The molecule has 14 heavy (non-hydrogen) atoms. The molecule has 4 heteroatoms. The average Bonchev–Trinajstić information content (AvgIpc) is 2.16. The smallest absolute Gasteiger partial charge is 0.112 e. The van der Waals surface area contributed by atoms with Crippen molar-refractivity contribution in [3.05, 3.63) is 0 Å². The molecular formula is C10H18O4. The fourth-order valence-electron chi connectivity index (χ4n) is 1.36. The Morgan fingerprint density at radius 2 is 1.36 bits per heavy atom. The van der Waals surface area contributed by atoms with Gasteiger partial charge in [0.25, 0.3) is 0 Å². The van der Waals surface area contributed by atoms with E-state index in [0.717, 1.165) is 0 Å². The summed E-state index contributed by atoms with van der Waals surface area (Å²) < 4.78 is 20.2. The first-order valence-electron chi connectivity index (χ1n) is 4.29. The van der Waals surface area contributed by atoms with Gasteiger partial charge in [-0.25, -0.2) is 0 Å². The molecule has 0 aromatic carbocycles. The van der Waals surface area contributed by atoms with Gasteiger partial charge in [-0.05, 0) is 0 Å². The predicted octanol–water partition coefficient (Wildman–Crippen LogP) is 0.519. The second kappa shape index (κ2) is 7.63. The van der Waals surface area contributed by atoms with E-state index >= 15 is 0 Å². The summed E-state index contributed by atoms with van der Waals surface area (Å²) in [6.45, 7) is 1.81. The highest BCUT2D eigenvalue weighted by Gasteiger charge is 2.31. The lowest BCUT2D eigenvalue weighted by Crippen LogP contribution is -2.40. The molecule has 0 unspecified atom stereocenters. The molecule has 0 aliphatic carbocycles. The van der Waals surface area contributed by atoms with Gasteiger partial charge in [-0.2, -0.15) is 0 Å². The first-order valence-corrected chi connectivity index (χ1v) is 4.29. The molecule has 0 rings (SSSR count). The first-order chi connectivity index (χ1) is 6.74. The monoisotopic (exact) mass is 202 g/mol. The van der Waals surface area contributed by atoms with Gasteiger partial charge in [0, 0.05) is 21.3 Å². The topological polar surface area (TPSA) is 36.9 Å². The lowest BCUT2D eigenvalue weighted by molar-refractivity contribution is -0.0666. The number of rotatable bonds is 8. The third-order valence-electron chi connectivity index (χ3n) is 1.81. The van der Waals surface area contributed by atoms with Gasteiger partial charge in [0.2, 0.25) is 0 Å². The van der Waals surface area contributed by atoms with Crippen molar-refractivity contribution in [3.8, 4) is 12.5 Å². The molecule has 0 aliphatic rings. The highest BCUT2D eigenvalue weighted by molar-refractivity contribution is 4.81. The van der Waals surface area contributed by atoms with Crippen LogP contribution < -0.4 is 0 Å². The van der Waals surface area contributed by atoms with E-state index in [2.05, 4.69) is 6.11 Å². The first kappa shape index (κ1) is 13.2. The largest absolute Gasteiger partial charge is 0.446 e. The summed E-state index contributed by atoms with van der Waals surface area (Å²) in [4.78, 5) is 0. The van der Waals surface area contributed by atoms with Crippen LogP contribution in [0, 0.1) is 17.9 Å². The third kappa shape index (κ3) is 4.47. The molecule has 0 bridgehead atoms. The minimum Gasteiger partial charge on any atom is -0.446 e.